The van der Waals surface area contributed by atoms with Crippen molar-refractivity contribution in [3.05, 3.63) is 12.2 Å². The Bertz CT molecular complexity index is 1190. The van der Waals surface area contributed by atoms with Crippen LogP contribution >= 0.6 is 0 Å². The number of carboxylic acid groups (broad SMARTS) is 1. The van der Waals surface area contributed by atoms with Crippen molar-refractivity contribution >= 4 is 17.9 Å². The average molecular weight is 1020 g/mol. The highest BCUT2D eigenvalue weighted by Gasteiger charge is 2.25. The van der Waals surface area contributed by atoms with Gasteiger partial charge in [-0.1, -0.05) is 276 Å². The molecule has 0 bridgehead atoms. The predicted molar refractivity (Wildman–Crippen MR) is 305 cm³/mol. The Kier molecular flexibility index (Phi) is 53.8. The lowest BCUT2D eigenvalue weighted by Crippen LogP contribution is -2.40. The van der Waals surface area contributed by atoms with Crippen molar-refractivity contribution in [2.24, 2.45) is 0 Å². The largest absolute Gasteiger partial charge is 0.477 e. The Morgan fingerprint density at radius 3 is 1.03 bits per heavy atom. The molecular weight excluding hydrogens is 899 g/mol. The molecule has 0 spiro atoms. The van der Waals surface area contributed by atoms with E-state index in [1.54, 1.807) is 0 Å². The zero-order valence-corrected chi connectivity index (χ0v) is 48.6. The molecule has 0 rings (SSSR count). The van der Waals surface area contributed by atoms with Gasteiger partial charge in [0.25, 0.3) is 6.29 Å². The minimum atomic E-state index is -1.51. The fourth-order valence-electron chi connectivity index (χ4n) is 9.42. The molecule has 0 saturated heterocycles. The number of aliphatic carboxylic acids is 1. The van der Waals surface area contributed by atoms with Crippen LogP contribution in [-0.4, -0.2) is 87.4 Å². The van der Waals surface area contributed by atoms with Crippen LogP contribution in [0.2, 0.25) is 0 Å². The molecule has 2 unspecified atom stereocenters. The van der Waals surface area contributed by atoms with E-state index in [1.807, 2.05) is 21.1 Å². The molecule has 1 N–H and O–H groups in total. The summed E-state index contributed by atoms with van der Waals surface area (Å²) in [5.41, 5.74) is 0. The van der Waals surface area contributed by atoms with E-state index in [0.29, 0.717) is 17.4 Å². The highest BCUT2D eigenvalue weighted by molar-refractivity contribution is 5.71. The maximum atomic E-state index is 12.9. The van der Waals surface area contributed by atoms with Crippen LogP contribution in [-0.2, 0) is 33.3 Å². The molecule has 0 aliphatic carbocycles. The van der Waals surface area contributed by atoms with Gasteiger partial charge in [-0.3, -0.25) is 9.59 Å². The van der Waals surface area contributed by atoms with Crippen LogP contribution in [0.3, 0.4) is 0 Å². The van der Waals surface area contributed by atoms with Crippen molar-refractivity contribution < 1.29 is 42.9 Å². The Hall–Kier alpha value is -1.97. The molecule has 0 aromatic heterocycles. The molecule has 0 aliphatic heterocycles. The van der Waals surface area contributed by atoms with Crippen LogP contribution in [0.4, 0.5) is 0 Å². The van der Waals surface area contributed by atoms with Gasteiger partial charge in [0, 0.05) is 12.8 Å². The summed E-state index contributed by atoms with van der Waals surface area (Å²) < 4.78 is 22.9. The summed E-state index contributed by atoms with van der Waals surface area (Å²) in [7, 11) is 5.98. The first-order valence-electron chi connectivity index (χ1n) is 31.4. The summed E-state index contributed by atoms with van der Waals surface area (Å²) in [6.45, 7) is 4.95. The minimum Gasteiger partial charge on any atom is -0.477 e. The number of hydrogen-bond acceptors (Lipinski definition) is 7. The number of rotatable bonds is 59. The van der Waals surface area contributed by atoms with Crippen LogP contribution in [0, 0.1) is 0 Å². The second kappa shape index (κ2) is 55.3. The van der Waals surface area contributed by atoms with E-state index < -0.39 is 18.4 Å². The van der Waals surface area contributed by atoms with Crippen LogP contribution in [0.15, 0.2) is 12.2 Å². The second-order valence-electron chi connectivity index (χ2n) is 22.7. The maximum absolute atomic E-state index is 12.9. The Morgan fingerprint density at radius 1 is 0.403 bits per heavy atom. The number of quaternary nitrogens is 1. The first-order valence-corrected chi connectivity index (χ1v) is 31.4. The standard InChI is InChI=1S/C63H121NO8/c1-6-8-10-12-14-16-18-20-22-24-26-28-29-30-31-32-33-34-36-38-40-42-44-46-48-50-52-54-61(66)72-59(58-71-63(62(67)68)69-56-55-64(3,4)5)57-70-60(65)53-51-49-47-45-43-41-39-37-35-27-25-23-21-19-17-15-13-11-9-7-2/h24,26,59,63H,6-23,25,27-58H2,1-5H3/p+1/b26-24-. The van der Waals surface area contributed by atoms with E-state index >= 15 is 0 Å². The number of ether oxygens (including phenoxy) is 4. The smallest absolute Gasteiger partial charge is 0.361 e. The monoisotopic (exact) mass is 1020 g/mol. The topological polar surface area (TPSA) is 108 Å². The lowest BCUT2D eigenvalue weighted by atomic mass is 10.0. The third-order valence-electron chi connectivity index (χ3n) is 14.3. The lowest BCUT2D eigenvalue weighted by Gasteiger charge is -2.25. The summed E-state index contributed by atoms with van der Waals surface area (Å²) >= 11 is 0. The van der Waals surface area contributed by atoms with Crippen molar-refractivity contribution in [1.29, 1.82) is 0 Å². The van der Waals surface area contributed by atoms with Crippen molar-refractivity contribution in [2.75, 3.05) is 47.5 Å². The van der Waals surface area contributed by atoms with Gasteiger partial charge in [0.15, 0.2) is 6.10 Å². The molecule has 0 aliphatic rings. The Labute approximate surface area is 446 Å². The average Bonchev–Trinajstić information content (AvgIpc) is 3.35. The van der Waals surface area contributed by atoms with Gasteiger partial charge in [-0.15, -0.1) is 0 Å². The van der Waals surface area contributed by atoms with Crippen LogP contribution in [0.5, 0.6) is 0 Å². The van der Waals surface area contributed by atoms with Gasteiger partial charge in [0.05, 0.1) is 34.4 Å². The van der Waals surface area contributed by atoms with E-state index in [1.165, 1.54) is 250 Å². The third kappa shape index (κ3) is 55.8. The number of nitrogens with zero attached hydrogens (tertiary/aromatic N) is 1. The number of carboxylic acids is 1. The highest BCUT2D eigenvalue weighted by Crippen LogP contribution is 2.18. The van der Waals surface area contributed by atoms with Gasteiger partial charge in [-0.2, -0.15) is 0 Å². The van der Waals surface area contributed by atoms with Gasteiger partial charge < -0.3 is 28.5 Å². The molecular formula is C63H122NO8+. The molecule has 0 aromatic carbocycles. The van der Waals surface area contributed by atoms with E-state index in [2.05, 4.69) is 26.0 Å². The van der Waals surface area contributed by atoms with E-state index in [-0.39, 0.29) is 38.2 Å². The van der Waals surface area contributed by atoms with Gasteiger partial charge in [0.2, 0.25) is 0 Å². The molecule has 0 aromatic rings. The molecule has 0 saturated carbocycles. The molecule has 0 amide bonds. The number of hydrogen-bond donors (Lipinski definition) is 1. The molecule has 9 nitrogen and oxygen atoms in total. The fraction of sp³-hybridized carbons (Fsp3) is 0.921. The fourth-order valence-corrected chi connectivity index (χ4v) is 9.42. The van der Waals surface area contributed by atoms with Crippen LogP contribution in [0.1, 0.15) is 316 Å². The van der Waals surface area contributed by atoms with Gasteiger partial charge in [-0.25, -0.2) is 4.79 Å². The van der Waals surface area contributed by atoms with E-state index in [9.17, 15) is 19.5 Å². The third-order valence-corrected chi connectivity index (χ3v) is 14.3. The number of allylic oxidation sites excluding steroid dienone is 2. The molecule has 426 valence electrons. The quantitative estimate of drug-likeness (QED) is 0.0211. The summed E-state index contributed by atoms with van der Waals surface area (Å²) in [5, 5.41) is 9.71. The molecule has 0 radical (unpaired) electrons. The zero-order valence-electron chi connectivity index (χ0n) is 48.6. The van der Waals surface area contributed by atoms with Gasteiger partial charge in [-0.05, 0) is 38.5 Å². The van der Waals surface area contributed by atoms with Crippen LogP contribution in [0.25, 0.3) is 0 Å². The van der Waals surface area contributed by atoms with E-state index in [4.69, 9.17) is 18.9 Å². The van der Waals surface area contributed by atoms with Crippen molar-refractivity contribution in [3.63, 3.8) is 0 Å². The summed E-state index contributed by atoms with van der Waals surface area (Å²) in [6, 6.07) is 0. The Morgan fingerprint density at radius 2 is 0.708 bits per heavy atom. The molecule has 0 heterocycles. The number of esters is 2. The molecule has 0 fully saturated rings. The first-order chi connectivity index (χ1) is 35.1. The number of carbonyl (C=O) groups excluding carboxylic acids is 2. The number of likely N-dealkylation sites (N-methyl/N-ethyl adjacent to an activating group) is 1. The van der Waals surface area contributed by atoms with Gasteiger partial charge >= 0.3 is 17.9 Å². The van der Waals surface area contributed by atoms with E-state index in [0.717, 1.165) is 38.5 Å². The molecule has 9 heteroatoms. The van der Waals surface area contributed by atoms with Gasteiger partial charge in [0.1, 0.15) is 13.2 Å². The van der Waals surface area contributed by atoms with Crippen molar-refractivity contribution in [3.8, 4) is 0 Å². The zero-order chi connectivity index (χ0) is 52.7. The molecule has 72 heavy (non-hydrogen) atoms. The number of carbonyl (C=O) groups is 3. The lowest BCUT2D eigenvalue weighted by molar-refractivity contribution is -0.870. The second-order valence-corrected chi connectivity index (χ2v) is 22.7. The van der Waals surface area contributed by atoms with Crippen molar-refractivity contribution in [1.82, 2.24) is 0 Å². The summed E-state index contributed by atoms with van der Waals surface area (Å²) in [4.78, 5) is 37.5. The predicted octanol–water partition coefficient (Wildman–Crippen LogP) is 18.5. The highest BCUT2D eigenvalue weighted by atomic mass is 16.7. The number of unbranched alkanes of at least 4 members (excludes halogenated alkanes) is 42. The normalized spacial score (nSPS) is 12.7. The minimum absolute atomic E-state index is 0.174. The molecule has 2 atom stereocenters. The maximum Gasteiger partial charge on any atom is 0.361 e. The SMILES string of the molecule is CCCCCCCCCC/C=C\CCCCCCCCCCCCCCCCCC(=O)OC(COC(=O)CCCCCCCCCCCCCCCCCCCCCC)COC(OCC[N+](C)(C)C)C(=O)O. The summed E-state index contributed by atoms with van der Waals surface area (Å²) in [6.07, 6.45) is 61.6. The van der Waals surface area contributed by atoms with Crippen molar-refractivity contribution in [2.45, 2.75) is 328 Å². The summed E-state index contributed by atoms with van der Waals surface area (Å²) in [5.74, 6) is -1.98. The van der Waals surface area contributed by atoms with Crippen LogP contribution < -0.4 is 0 Å². The first kappa shape index (κ1) is 70.0. The Balaban J connectivity index is 4.14.